The van der Waals surface area contributed by atoms with Crippen LogP contribution in [0.25, 0.3) is 11.6 Å². The lowest BCUT2D eigenvalue weighted by Crippen LogP contribution is -2.03. The highest BCUT2D eigenvalue weighted by molar-refractivity contribution is 8.35. The van der Waals surface area contributed by atoms with Crippen LogP contribution in [0.4, 0.5) is 0 Å². The summed E-state index contributed by atoms with van der Waals surface area (Å²) in [4.78, 5) is 1.32. The Morgan fingerprint density at radius 1 is 1.12 bits per heavy atom. The molecular weight excluding hydrogens is 332 g/mol. The van der Waals surface area contributed by atoms with Crippen molar-refractivity contribution in [1.82, 2.24) is 0 Å². The largest absolute Gasteiger partial charge is 0.221 e. The zero-order valence-corrected chi connectivity index (χ0v) is 18.2. The fourth-order valence-electron chi connectivity index (χ4n) is 3.64. The van der Waals surface area contributed by atoms with Gasteiger partial charge in [0.15, 0.2) is 0 Å². The van der Waals surface area contributed by atoms with Gasteiger partial charge in [-0.3, -0.25) is 0 Å². The van der Waals surface area contributed by atoms with Crippen LogP contribution in [0.3, 0.4) is 0 Å². The molecule has 1 aliphatic heterocycles. The summed E-state index contributed by atoms with van der Waals surface area (Å²) in [7, 11) is -0.787. The SMILES string of the molecule is C=C1CC(C)C/C=C/C(=C)S(C)(C)CC/C=C/c2cc(CC)cc(C)c21. The van der Waals surface area contributed by atoms with Crippen molar-refractivity contribution in [1.29, 1.82) is 0 Å². The van der Waals surface area contributed by atoms with E-state index in [-0.39, 0.29) is 0 Å². The van der Waals surface area contributed by atoms with E-state index in [2.05, 4.69) is 82.9 Å². The first kappa shape index (κ1) is 20.8. The molecule has 0 nitrogen and oxygen atoms in total. The number of benzene rings is 1. The number of rotatable bonds is 1. The van der Waals surface area contributed by atoms with Gasteiger partial charge >= 0.3 is 0 Å². The second-order valence-corrected chi connectivity index (χ2v) is 12.2. The van der Waals surface area contributed by atoms with Gasteiger partial charge in [-0.1, -0.05) is 63.4 Å². The normalized spacial score (nSPS) is 25.0. The minimum absolute atomic E-state index is 0.592. The van der Waals surface area contributed by atoms with Crippen molar-refractivity contribution in [3.8, 4) is 0 Å². The fourth-order valence-corrected chi connectivity index (χ4v) is 5.09. The molecule has 2 rings (SSSR count). The molecule has 0 aromatic heterocycles. The molecule has 0 aliphatic carbocycles. The fraction of sp³-hybridized carbons (Fsp3) is 0.440. The third-order valence-electron chi connectivity index (χ3n) is 5.43. The molecule has 0 bridgehead atoms. The standard InChI is InChI=1S/C25H36S/c1-8-23-17-21(4)25-20(3)16-19(2)12-11-13-22(5)26(6,7)15-10-9-14-24(25)18-23/h9,11,13-14,17-19H,3,5,8,10,12,15-16H2,1-2,4,6-7H3/b13-11+,14-9+. The van der Waals surface area contributed by atoms with Crippen LogP contribution in [-0.4, -0.2) is 18.3 Å². The van der Waals surface area contributed by atoms with E-state index >= 15 is 0 Å². The molecule has 0 amide bonds. The summed E-state index contributed by atoms with van der Waals surface area (Å²) in [6.07, 6.45) is 18.4. The van der Waals surface area contributed by atoms with Crippen molar-refractivity contribution in [2.24, 2.45) is 5.92 Å². The van der Waals surface area contributed by atoms with Crippen molar-refractivity contribution in [2.75, 3.05) is 18.3 Å². The van der Waals surface area contributed by atoms with Gasteiger partial charge in [-0.2, -0.15) is 0 Å². The molecule has 1 aliphatic rings. The summed E-state index contributed by atoms with van der Waals surface area (Å²) >= 11 is 0. The minimum atomic E-state index is -0.787. The first-order valence-corrected chi connectivity index (χ1v) is 12.4. The van der Waals surface area contributed by atoms with Gasteiger partial charge in [0.1, 0.15) is 0 Å². The molecule has 0 N–H and O–H groups in total. The van der Waals surface area contributed by atoms with Gasteiger partial charge in [-0.05, 0) is 89.5 Å². The highest BCUT2D eigenvalue weighted by atomic mass is 32.3. The molecule has 26 heavy (non-hydrogen) atoms. The molecule has 1 aromatic rings. The highest BCUT2D eigenvalue weighted by Crippen LogP contribution is 2.49. The Kier molecular flexibility index (Phi) is 7.17. The van der Waals surface area contributed by atoms with E-state index in [0.29, 0.717) is 5.92 Å². The lowest BCUT2D eigenvalue weighted by atomic mass is 9.87. The van der Waals surface area contributed by atoms with E-state index in [9.17, 15) is 0 Å². The van der Waals surface area contributed by atoms with Crippen molar-refractivity contribution < 1.29 is 0 Å². The van der Waals surface area contributed by atoms with Gasteiger partial charge in [0, 0.05) is 0 Å². The molecule has 0 saturated heterocycles. The lowest BCUT2D eigenvalue weighted by Gasteiger charge is -2.32. The number of hydrogen-bond acceptors (Lipinski definition) is 0. The van der Waals surface area contributed by atoms with Crippen LogP contribution in [0.2, 0.25) is 0 Å². The smallest absolute Gasteiger partial charge is 0.0128 e. The molecule has 1 atom stereocenters. The number of allylic oxidation sites excluding steroid dienone is 4. The zero-order valence-electron chi connectivity index (χ0n) is 17.4. The summed E-state index contributed by atoms with van der Waals surface area (Å²) < 4.78 is 0. The Bertz CT molecular complexity index is 731. The van der Waals surface area contributed by atoms with Crippen molar-refractivity contribution in [3.05, 3.63) is 70.7 Å². The third kappa shape index (κ3) is 5.27. The average molecular weight is 369 g/mol. The number of hydrogen-bond donors (Lipinski definition) is 0. The van der Waals surface area contributed by atoms with Gasteiger partial charge in [0.2, 0.25) is 0 Å². The van der Waals surface area contributed by atoms with Crippen LogP contribution in [-0.2, 0) is 6.42 Å². The Hall–Kier alpha value is -1.47. The van der Waals surface area contributed by atoms with Crippen LogP contribution in [0.1, 0.15) is 55.4 Å². The number of aryl methyl sites for hydroxylation is 2. The summed E-state index contributed by atoms with van der Waals surface area (Å²) in [5.74, 6) is 1.79. The molecule has 0 saturated carbocycles. The van der Waals surface area contributed by atoms with Crippen molar-refractivity contribution in [2.45, 2.75) is 46.5 Å². The van der Waals surface area contributed by atoms with Gasteiger partial charge in [-0.25, -0.2) is 10.0 Å². The van der Waals surface area contributed by atoms with Gasteiger partial charge in [-0.15, -0.1) is 0 Å². The Labute approximate surface area is 163 Å². The topological polar surface area (TPSA) is 0 Å². The van der Waals surface area contributed by atoms with Gasteiger partial charge in [0.25, 0.3) is 0 Å². The average Bonchev–Trinajstić information content (AvgIpc) is 2.57. The second-order valence-electron chi connectivity index (χ2n) is 8.18. The number of fused-ring (bicyclic) bond motifs is 1. The summed E-state index contributed by atoms with van der Waals surface area (Å²) in [6, 6.07) is 4.69. The first-order valence-electron chi connectivity index (χ1n) is 9.79. The van der Waals surface area contributed by atoms with Crippen LogP contribution in [0.15, 0.2) is 48.4 Å². The first-order chi connectivity index (χ1) is 12.2. The Morgan fingerprint density at radius 2 is 1.85 bits per heavy atom. The summed E-state index contributed by atoms with van der Waals surface area (Å²) in [5.41, 5.74) is 6.76. The van der Waals surface area contributed by atoms with Crippen molar-refractivity contribution >= 4 is 21.7 Å². The summed E-state index contributed by atoms with van der Waals surface area (Å²) in [5, 5.41) is 0. The van der Waals surface area contributed by atoms with E-state index in [4.69, 9.17) is 0 Å². The molecule has 1 unspecified atom stereocenters. The Morgan fingerprint density at radius 3 is 2.54 bits per heavy atom. The third-order valence-corrected chi connectivity index (χ3v) is 8.24. The molecule has 0 radical (unpaired) electrons. The van der Waals surface area contributed by atoms with E-state index < -0.39 is 10.0 Å². The molecule has 1 heteroatoms. The Balaban J connectivity index is 2.44. The van der Waals surface area contributed by atoms with Crippen LogP contribution in [0.5, 0.6) is 0 Å². The quantitative estimate of drug-likeness (QED) is 0.480. The molecular formula is C25H36S. The maximum Gasteiger partial charge on any atom is -0.0128 e. The van der Waals surface area contributed by atoms with E-state index in [1.165, 1.54) is 38.5 Å². The van der Waals surface area contributed by atoms with Gasteiger partial charge in [0.05, 0.1) is 0 Å². The van der Waals surface area contributed by atoms with E-state index in [0.717, 1.165) is 25.7 Å². The maximum atomic E-state index is 4.46. The summed E-state index contributed by atoms with van der Waals surface area (Å²) in [6.45, 7) is 15.6. The molecule has 1 heterocycles. The van der Waals surface area contributed by atoms with Gasteiger partial charge < -0.3 is 0 Å². The zero-order chi connectivity index (χ0) is 19.3. The molecule has 0 fully saturated rings. The van der Waals surface area contributed by atoms with Crippen LogP contribution < -0.4 is 0 Å². The highest BCUT2D eigenvalue weighted by Gasteiger charge is 2.15. The van der Waals surface area contributed by atoms with Crippen molar-refractivity contribution in [3.63, 3.8) is 0 Å². The maximum absolute atomic E-state index is 4.46. The lowest BCUT2D eigenvalue weighted by molar-refractivity contribution is 0.611. The van der Waals surface area contributed by atoms with Crippen LogP contribution >= 0.6 is 10.0 Å². The second kappa shape index (κ2) is 8.95. The predicted molar refractivity (Wildman–Crippen MR) is 124 cm³/mol. The predicted octanol–water partition coefficient (Wildman–Crippen LogP) is 7.54. The van der Waals surface area contributed by atoms with E-state index in [1.807, 2.05) is 0 Å². The molecule has 1 aromatic carbocycles. The minimum Gasteiger partial charge on any atom is -0.221 e. The molecule has 0 spiro atoms. The molecule has 142 valence electrons. The van der Waals surface area contributed by atoms with E-state index in [1.54, 1.807) is 0 Å². The monoisotopic (exact) mass is 368 g/mol. The van der Waals surface area contributed by atoms with Crippen LogP contribution in [0, 0.1) is 12.8 Å².